The standard InChI is InChI=1S/C7H13F2NO2/c1-4(3-5(2)11)7(8,9)6(10)12/h4-5,11H,3H2,1-2H3,(H2,10,12). The van der Waals surface area contributed by atoms with Crippen molar-refractivity contribution in [1.82, 2.24) is 0 Å². The Morgan fingerprint density at radius 1 is 1.58 bits per heavy atom. The van der Waals surface area contributed by atoms with Gasteiger partial charge >= 0.3 is 5.92 Å². The van der Waals surface area contributed by atoms with Crippen LogP contribution in [0.5, 0.6) is 0 Å². The third-order valence-electron chi connectivity index (χ3n) is 1.64. The van der Waals surface area contributed by atoms with E-state index < -0.39 is 23.9 Å². The molecule has 0 aromatic carbocycles. The summed E-state index contributed by atoms with van der Waals surface area (Å²) in [4.78, 5) is 10.2. The molecule has 2 unspecified atom stereocenters. The minimum Gasteiger partial charge on any atom is -0.393 e. The lowest BCUT2D eigenvalue weighted by molar-refractivity contribution is -0.150. The number of hydrogen-bond donors (Lipinski definition) is 2. The van der Waals surface area contributed by atoms with Gasteiger partial charge in [-0.25, -0.2) is 0 Å². The first kappa shape index (κ1) is 11.3. The second-order valence-corrected chi connectivity index (χ2v) is 2.97. The summed E-state index contributed by atoms with van der Waals surface area (Å²) >= 11 is 0. The molecule has 0 saturated heterocycles. The molecule has 0 aliphatic carbocycles. The fourth-order valence-corrected chi connectivity index (χ4v) is 0.903. The van der Waals surface area contributed by atoms with Gasteiger partial charge in [-0.05, 0) is 13.3 Å². The molecule has 0 aliphatic heterocycles. The van der Waals surface area contributed by atoms with E-state index in [1.54, 1.807) is 0 Å². The number of aliphatic hydroxyl groups excluding tert-OH is 1. The highest BCUT2D eigenvalue weighted by molar-refractivity contribution is 5.81. The molecule has 0 bridgehead atoms. The summed E-state index contributed by atoms with van der Waals surface area (Å²) in [5.74, 6) is -6.40. The fourth-order valence-electron chi connectivity index (χ4n) is 0.903. The van der Waals surface area contributed by atoms with Gasteiger partial charge < -0.3 is 10.8 Å². The molecule has 0 rings (SSSR count). The smallest absolute Gasteiger partial charge is 0.326 e. The average molecular weight is 181 g/mol. The average Bonchev–Trinajstić information content (AvgIpc) is 1.85. The third-order valence-corrected chi connectivity index (χ3v) is 1.64. The number of carbonyl (C=O) groups is 1. The third kappa shape index (κ3) is 2.73. The van der Waals surface area contributed by atoms with E-state index in [4.69, 9.17) is 5.11 Å². The molecule has 0 saturated carbocycles. The second-order valence-electron chi connectivity index (χ2n) is 2.97. The Morgan fingerprint density at radius 3 is 2.25 bits per heavy atom. The van der Waals surface area contributed by atoms with E-state index in [0.29, 0.717) is 0 Å². The van der Waals surface area contributed by atoms with E-state index in [-0.39, 0.29) is 6.42 Å². The molecule has 12 heavy (non-hydrogen) atoms. The zero-order chi connectivity index (χ0) is 9.94. The van der Waals surface area contributed by atoms with Gasteiger partial charge in [-0.2, -0.15) is 8.78 Å². The lowest BCUT2D eigenvalue weighted by atomic mass is 9.97. The Bertz CT molecular complexity index is 171. The first-order valence-electron chi connectivity index (χ1n) is 3.64. The van der Waals surface area contributed by atoms with Gasteiger partial charge in [0, 0.05) is 5.92 Å². The van der Waals surface area contributed by atoms with Crippen LogP contribution >= 0.6 is 0 Å². The van der Waals surface area contributed by atoms with Crippen molar-refractivity contribution in [1.29, 1.82) is 0 Å². The molecular weight excluding hydrogens is 168 g/mol. The molecule has 0 radical (unpaired) electrons. The second kappa shape index (κ2) is 3.80. The van der Waals surface area contributed by atoms with Crippen LogP contribution in [0.15, 0.2) is 0 Å². The van der Waals surface area contributed by atoms with E-state index >= 15 is 0 Å². The van der Waals surface area contributed by atoms with Gasteiger partial charge in [-0.15, -0.1) is 0 Å². The van der Waals surface area contributed by atoms with Crippen molar-refractivity contribution < 1.29 is 18.7 Å². The predicted molar refractivity (Wildman–Crippen MR) is 39.6 cm³/mol. The molecule has 0 aromatic rings. The maximum atomic E-state index is 12.7. The maximum Gasteiger partial charge on any atom is 0.326 e. The highest BCUT2D eigenvalue weighted by atomic mass is 19.3. The number of aliphatic hydroxyl groups is 1. The van der Waals surface area contributed by atoms with Crippen LogP contribution < -0.4 is 5.73 Å². The lowest BCUT2D eigenvalue weighted by Gasteiger charge is -2.21. The molecule has 5 heteroatoms. The van der Waals surface area contributed by atoms with E-state index in [1.165, 1.54) is 13.8 Å². The fraction of sp³-hybridized carbons (Fsp3) is 0.857. The van der Waals surface area contributed by atoms with Gasteiger partial charge in [0.15, 0.2) is 0 Å². The Morgan fingerprint density at radius 2 is 2.00 bits per heavy atom. The van der Waals surface area contributed by atoms with Crippen molar-refractivity contribution >= 4 is 5.91 Å². The molecular formula is C7H13F2NO2. The van der Waals surface area contributed by atoms with Crippen LogP contribution in [0.4, 0.5) is 8.78 Å². The number of carbonyl (C=O) groups excluding carboxylic acids is 1. The summed E-state index contributed by atoms with van der Waals surface area (Å²) in [5, 5.41) is 8.78. The Hall–Kier alpha value is -0.710. The Kier molecular flexibility index (Phi) is 3.57. The van der Waals surface area contributed by atoms with Gasteiger partial charge in [0.25, 0.3) is 5.91 Å². The zero-order valence-electron chi connectivity index (χ0n) is 7.05. The summed E-state index contributed by atoms with van der Waals surface area (Å²) in [6.07, 6.45) is -0.999. The summed E-state index contributed by atoms with van der Waals surface area (Å²) in [5.41, 5.74) is 4.48. The molecule has 0 heterocycles. The molecule has 2 atom stereocenters. The van der Waals surface area contributed by atoms with Crippen LogP contribution in [0, 0.1) is 5.92 Å². The van der Waals surface area contributed by atoms with Gasteiger partial charge in [-0.3, -0.25) is 4.79 Å². The van der Waals surface area contributed by atoms with Crippen LogP contribution in [0.1, 0.15) is 20.3 Å². The molecule has 1 amide bonds. The quantitative estimate of drug-likeness (QED) is 0.663. The molecule has 3 nitrogen and oxygen atoms in total. The number of halogens is 2. The SMILES string of the molecule is CC(O)CC(C)C(F)(F)C(N)=O. The molecule has 0 fully saturated rings. The van der Waals surface area contributed by atoms with Crippen molar-refractivity contribution in [2.45, 2.75) is 32.3 Å². The van der Waals surface area contributed by atoms with Crippen molar-refractivity contribution in [3.63, 3.8) is 0 Å². The minimum absolute atomic E-state index is 0.143. The molecule has 0 aromatic heterocycles. The Labute approximate surface area is 69.6 Å². The maximum absolute atomic E-state index is 12.7. The van der Waals surface area contributed by atoms with Crippen molar-refractivity contribution in [3.8, 4) is 0 Å². The normalized spacial score (nSPS) is 17.1. The first-order chi connectivity index (χ1) is 5.28. The van der Waals surface area contributed by atoms with E-state index in [0.717, 1.165) is 0 Å². The van der Waals surface area contributed by atoms with Crippen LogP contribution in [-0.2, 0) is 4.79 Å². The summed E-state index contributed by atoms with van der Waals surface area (Å²) in [7, 11) is 0. The highest BCUT2D eigenvalue weighted by Gasteiger charge is 2.42. The monoisotopic (exact) mass is 181 g/mol. The van der Waals surface area contributed by atoms with Crippen molar-refractivity contribution in [2.75, 3.05) is 0 Å². The van der Waals surface area contributed by atoms with E-state index in [1.807, 2.05) is 0 Å². The summed E-state index contributed by atoms with van der Waals surface area (Å²) in [6, 6.07) is 0. The van der Waals surface area contributed by atoms with Crippen LogP contribution in [-0.4, -0.2) is 23.0 Å². The number of amides is 1. The van der Waals surface area contributed by atoms with Gasteiger partial charge in [0.2, 0.25) is 0 Å². The van der Waals surface area contributed by atoms with E-state index in [2.05, 4.69) is 5.73 Å². The minimum atomic E-state index is -3.53. The zero-order valence-corrected chi connectivity index (χ0v) is 7.05. The lowest BCUT2D eigenvalue weighted by Crippen LogP contribution is -2.42. The van der Waals surface area contributed by atoms with Crippen molar-refractivity contribution in [2.24, 2.45) is 11.7 Å². The molecule has 72 valence electrons. The predicted octanol–water partition coefficient (Wildman–Crippen LogP) is 0.514. The van der Waals surface area contributed by atoms with Gasteiger partial charge in [0.1, 0.15) is 0 Å². The van der Waals surface area contributed by atoms with Gasteiger partial charge in [0.05, 0.1) is 6.10 Å². The summed E-state index contributed by atoms with van der Waals surface area (Å²) in [6.45, 7) is 2.56. The number of alkyl halides is 2. The Balaban J connectivity index is 4.25. The highest BCUT2D eigenvalue weighted by Crippen LogP contribution is 2.27. The van der Waals surface area contributed by atoms with Gasteiger partial charge in [-0.1, -0.05) is 6.92 Å². The van der Waals surface area contributed by atoms with Crippen molar-refractivity contribution in [3.05, 3.63) is 0 Å². The molecule has 3 N–H and O–H groups in total. The number of rotatable bonds is 4. The van der Waals surface area contributed by atoms with Crippen LogP contribution in [0.3, 0.4) is 0 Å². The van der Waals surface area contributed by atoms with E-state index in [9.17, 15) is 13.6 Å². The van der Waals surface area contributed by atoms with Crippen LogP contribution in [0.2, 0.25) is 0 Å². The molecule has 0 aliphatic rings. The number of nitrogens with two attached hydrogens (primary N) is 1. The largest absolute Gasteiger partial charge is 0.393 e. The topological polar surface area (TPSA) is 63.3 Å². The summed E-state index contributed by atoms with van der Waals surface area (Å²) < 4.78 is 25.4. The number of hydrogen-bond acceptors (Lipinski definition) is 2. The number of primary amides is 1. The van der Waals surface area contributed by atoms with Crippen LogP contribution in [0.25, 0.3) is 0 Å². The molecule has 0 spiro atoms. The first-order valence-corrected chi connectivity index (χ1v) is 3.64.